The molecule has 3 heteroatoms. The van der Waals surface area contributed by atoms with Crippen molar-refractivity contribution in [2.45, 2.75) is 32.6 Å². The van der Waals surface area contributed by atoms with Crippen LogP contribution < -0.4 is 5.73 Å². The van der Waals surface area contributed by atoms with Crippen molar-refractivity contribution >= 4 is 16.6 Å². The molecule has 0 bridgehead atoms. The predicted octanol–water partition coefficient (Wildman–Crippen LogP) is 2.86. The number of hydrogen-bond acceptors (Lipinski definition) is 3. The molecule has 0 amide bonds. The van der Waals surface area contributed by atoms with Gasteiger partial charge in [0.2, 0.25) is 0 Å². The summed E-state index contributed by atoms with van der Waals surface area (Å²) in [4.78, 5) is 11.5. The molecule has 0 radical (unpaired) electrons. The molecule has 0 saturated carbocycles. The first kappa shape index (κ1) is 16.7. The zero-order chi connectivity index (χ0) is 15.9. The Bertz CT molecular complexity index is 636. The summed E-state index contributed by atoms with van der Waals surface area (Å²) < 4.78 is 0. The monoisotopic (exact) mass is 299 g/mol. The van der Waals surface area contributed by atoms with E-state index in [1.54, 1.807) is 0 Å². The number of nitrogens with two attached hydrogens (primary N) is 1. The second-order valence-electron chi connectivity index (χ2n) is 5.99. The number of aliphatic hydroxyl groups is 1. The smallest absolute Gasteiger partial charge is 0.161 e. The summed E-state index contributed by atoms with van der Waals surface area (Å²) in [5, 5.41) is 11.3. The van der Waals surface area contributed by atoms with E-state index in [1.807, 2.05) is 6.92 Å². The van der Waals surface area contributed by atoms with Gasteiger partial charge in [0.05, 0.1) is 0 Å². The maximum atomic E-state index is 11.5. The van der Waals surface area contributed by atoms with Gasteiger partial charge in [-0.25, -0.2) is 0 Å². The van der Waals surface area contributed by atoms with Crippen molar-refractivity contribution in [3.05, 3.63) is 47.5 Å². The highest BCUT2D eigenvalue weighted by molar-refractivity contribution is 5.85. The molecule has 118 valence electrons. The van der Waals surface area contributed by atoms with Gasteiger partial charge in [0.1, 0.15) is 6.61 Å². The second kappa shape index (κ2) is 8.06. The van der Waals surface area contributed by atoms with Gasteiger partial charge in [-0.15, -0.1) is 0 Å². The highest BCUT2D eigenvalue weighted by Crippen LogP contribution is 2.21. The zero-order valence-electron chi connectivity index (χ0n) is 13.2. The fourth-order valence-corrected chi connectivity index (χ4v) is 2.72. The molecule has 0 aliphatic heterocycles. The number of ketones is 1. The van der Waals surface area contributed by atoms with Gasteiger partial charge in [-0.3, -0.25) is 4.79 Å². The third kappa shape index (κ3) is 4.39. The van der Waals surface area contributed by atoms with E-state index < -0.39 is 0 Å². The van der Waals surface area contributed by atoms with Gasteiger partial charge in [-0.05, 0) is 54.1 Å². The first-order valence-electron chi connectivity index (χ1n) is 7.99. The molecule has 0 aliphatic carbocycles. The lowest BCUT2D eigenvalue weighted by Gasteiger charge is -2.10. The molecule has 0 heterocycles. The van der Waals surface area contributed by atoms with Crippen molar-refractivity contribution in [3.8, 4) is 0 Å². The van der Waals surface area contributed by atoms with Crippen molar-refractivity contribution in [1.29, 1.82) is 0 Å². The molecule has 2 aromatic rings. The molecule has 0 saturated heterocycles. The van der Waals surface area contributed by atoms with Crippen LogP contribution in [0.5, 0.6) is 0 Å². The van der Waals surface area contributed by atoms with Crippen molar-refractivity contribution < 1.29 is 9.90 Å². The predicted molar refractivity (Wildman–Crippen MR) is 90.9 cm³/mol. The minimum absolute atomic E-state index is 0.102. The average molecular weight is 299 g/mol. The van der Waals surface area contributed by atoms with Crippen LogP contribution in [0.4, 0.5) is 0 Å². The van der Waals surface area contributed by atoms with Gasteiger partial charge in [0.15, 0.2) is 5.78 Å². The number of unbranched alkanes of at least 4 members (excludes halogenated alkanes) is 1. The number of Topliss-reactive ketones (excluding diaryl/α,β-unsaturated/α-hetero) is 1. The van der Waals surface area contributed by atoms with Crippen LogP contribution in [0, 0.1) is 5.92 Å². The summed E-state index contributed by atoms with van der Waals surface area (Å²) in [6, 6.07) is 12.9. The van der Waals surface area contributed by atoms with Crippen molar-refractivity contribution in [3.63, 3.8) is 0 Å². The molecule has 2 aromatic carbocycles. The molecule has 3 N–H and O–H groups in total. The molecular formula is C19H25NO2. The summed E-state index contributed by atoms with van der Waals surface area (Å²) in [7, 11) is 0. The molecule has 0 aromatic heterocycles. The number of fused-ring (bicyclic) bond motifs is 1. The Morgan fingerprint density at radius 3 is 2.36 bits per heavy atom. The lowest BCUT2D eigenvalue weighted by atomic mass is 9.95. The third-order valence-corrected chi connectivity index (χ3v) is 4.14. The van der Waals surface area contributed by atoms with E-state index in [4.69, 9.17) is 10.8 Å². The molecule has 0 spiro atoms. The maximum Gasteiger partial charge on any atom is 0.161 e. The minimum Gasteiger partial charge on any atom is -0.389 e. The number of carbonyl (C=O) groups excluding carboxylic acids is 1. The van der Waals surface area contributed by atoms with Crippen LogP contribution in [0.2, 0.25) is 0 Å². The Morgan fingerprint density at radius 1 is 1.09 bits per heavy atom. The van der Waals surface area contributed by atoms with Gasteiger partial charge in [0, 0.05) is 5.92 Å². The van der Waals surface area contributed by atoms with Crippen LogP contribution in [0.3, 0.4) is 0 Å². The van der Waals surface area contributed by atoms with Crippen LogP contribution in [-0.2, 0) is 17.6 Å². The number of rotatable bonds is 8. The highest BCUT2D eigenvalue weighted by Gasteiger charge is 2.12. The number of hydrogen-bond donors (Lipinski definition) is 2. The molecule has 1 atom stereocenters. The van der Waals surface area contributed by atoms with Crippen molar-refractivity contribution in [2.24, 2.45) is 11.7 Å². The SMILES string of the molecule is C[C@@H](Cc1ccc2cc(CCCCN)ccc2c1)C(=O)CO. The molecular weight excluding hydrogens is 274 g/mol. The number of aryl methyl sites for hydroxylation is 1. The minimum atomic E-state index is -0.374. The summed E-state index contributed by atoms with van der Waals surface area (Å²) in [5.41, 5.74) is 8.01. The van der Waals surface area contributed by atoms with Gasteiger partial charge in [-0.2, -0.15) is 0 Å². The Hall–Kier alpha value is -1.71. The van der Waals surface area contributed by atoms with Crippen LogP contribution in [0.1, 0.15) is 30.9 Å². The number of benzene rings is 2. The second-order valence-corrected chi connectivity index (χ2v) is 5.99. The van der Waals surface area contributed by atoms with Crippen LogP contribution in [0.25, 0.3) is 10.8 Å². The van der Waals surface area contributed by atoms with E-state index in [-0.39, 0.29) is 18.3 Å². The summed E-state index contributed by atoms with van der Waals surface area (Å²) in [6.45, 7) is 2.24. The standard InChI is InChI=1S/C19H25NO2/c1-14(19(22)13-21)10-16-6-8-17-11-15(4-2-3-9-20)5-7-18(17)12-16/h5-8,11-12,14,21H,2-4,9-10,13,20H2,1H3/t14-/m0/s1. The van der Waals surface area contributed by atoms with Crippen molar-refractivity contribution in [1.82, 2.24) is 0 Å². The van der Waals surface area contributed by atoms with Gasteiger partial charge < -0.3 is 10.8 Å². The van der Waals surface area contributed by atoms with E-state index in [9.17, 15) is 4.79 Å². The molecule has 0 fully saturated rings. The van der Waals surface area contributed by atoms with Crippen LogP contribution >= 0.6 is 0 Å². The zero-order valence-corrected chi connectivity index (χ0v) is 13.2. The fraction of sp³-hybridized carbons (Fsp3) is 0.421. The van der Waals surface area contributed by atoms with E-state index in [2.05, 4.69) is 36.4 Å². The van der Waals surface area contributed by atoms with Crippen LogP contribution in [-0.4, -0.2) is 24.0 Å². The Labute approximate surface area is 132 Å². The average Bonchev–Trinajstić information content (AvgIpc) is 2.54. The normalized spacial score (nSPS) is 12.5. The molecule has 0 aliphatic rings. The van der Waals surface area contributed by atoms with E-state index in [1.165, 1.54) is 16.3 Å². The quantitative estimate of drug-likeness (QED) is 0.737. The lowest BCUT2D eigenvalue weighted by molar-refractivity contribution is -0.125. The molecule has 3 nitrogen and oxygen atoms in total. The van der Waals surface area contributed by atoms with Crippen molar-refractivity contribution in [2.75, 3.05) is 13.2 Å². The molecule has 22 heavy (non-hydrogen) atoms. The largest absolute Gasteiger partial charge is 0.389 e. The van der Waals surface area contributed by atoms with Gasteiger partial charge in [0.25, 0.3) is 0 Å². The maximum absolute atomic E-state index is 11.5. The van der Waals surface area contributed by atoms with Gasteiger partial charge in [-0.1, -0.05) is 43.3 Å². The van der Waals surface area contributed by atoms with Crippen LogP contribution in [0.15, 0.2) is 36.4 Å². The summed E-state index contributed by atoms with van der Waals surface area (Å²) in [5.74, 6) is -0.242. The van der Waals surface area contributed by atoms with Gasteiger partial charge >= 0.3 is 0 Å². The van der Waals surface area contributed by atoms with E-state index >= 15 is 0 Å². The first-order valence-corrected chi connectivity index (χ1v) is 7.99. The Balaban J connectivity index is 2.11. The first-order chi connectivity index (χ1) is 10.6. The molecule has 2 rings (SSSR count). The highest BCUT2D eigenvalue weighted by atomic mass is 16.3. The Kier molecular flexibility index (Phi) is 6.10. The van der Waals surface area contributed by atoms with E-state index in [0.717, 1.165) is 31.4 Å². The lowest BCUT2D eigenvalue weighted by Crippen LogP contribution is -2.17. The Morgan fingerprint density at radius 2 is 1.73 bits per heavy atom. The topological polar surface area (TPSA) is 63.3 Å². The summed E-state index contributed by atoms with van der Waals surface area (Å²) in [6.07, 6.45) is 3.93. The van der Waals surface area contributed by atoms with E-state index in [0.29, 0.717) is 6.42 Å². The third-order valence-electron chi connectivity index (χ3n) is 4.14. The molecule has 0 unspecified atom stereocenters. The number of carbonyl (C=O) groups is 1. The summed E-state index contributed by atoms with van der Waals surface area (Å²) >= 11 is 0. The fourth-order valence-electron chi connectivity index (χ4n) is 2.72. The number of aliphatic hydroxyl groups excluding tert-OH is 1.